The molecule has 0 aromatic heterocycles. The Bertz CT molecular complexity index is 693. The van der Waals surface area contributed by atoms with Crippen LogP contribution in [-0.2, 0) is 6.42 Å². The van der Waals surface area contributed by atoms with E-state index >= 15 is 0 Å². The van der Waals surface area contributed by atoms with Crippen molar-refractivity contribution in [2.75, 3.05) is 18.0 Å². The predicted octanol–water partition coefficient (Wildman–Crippen LogP) is 16.0. The number of benzene rings is 1. The Morgan fingerprint density at radius 1 is 0.326 bits per heavy atom. The average molecular weight is 640 g/mol. The number of rotatable bonds is 37. The Morgan fingerprint density at radius 2 is 0.609 bits per heavy atom. The number of hydrogen-bond donors (Lipinski definition) is 0. The maximum absolute atomic E-state index is 2.59. The number of hydrogen-bond acceptors (Lipinski definition) is 1. The fraction of sp³-hybridized carbons (Fsp3) is 0.867. The van der Waals surface area contributed by atoms with Gasteiger partial charge in [-0.3, -0.25) is 0 Å². The van der Waals surface area contributed by atoms with Gasteiger partial charge in [-0.05, 0) is 43.9 Å². The lowest BCUT2D eigenvalue weighted by Gasteiger charge is -2.23. The van der Waals surface area contributed by atoms with Crippen molar-refractivity contribution in [2.24, 2.45) is 0 Å². The van der Waals surface area contributed by atoms with E-state index in [9.17, 15) is 0 Å². The highest BCUT2D eigenvalue weighted by Crippen LogP contribution is 2.20. The SMILES string of the molecule is CCCCCCCCCCCCCCCCCCCc1ccc(N(CC)CCCCCCCCCCCCCCCCCC)cc1. The lowest BCUT2D eigenvalue weighted by atomic mass is 10.0. The summed E-state index contributed by atoms with van der Waals surface area (Å²) in [6, 6.07) is 9.58. The van der Waals surface area contributed by atoms with E-state index in [1.54, 1.807) is 0 Å². The first kappa shape index (κ1) is 43.0. The summed E-state index contributed by atoms with van der Waals surface area (Å²) >= 11 is 0. The molecule has 0 spiro atoms. The number of nitrogens with zero attached hydrogens (tertiary/aromatic N) is 1. The van der Waals surface area contributed by atoms with Gasteiger partial charge in [0.05, 0.1) is 0 Å². The quantitative estimate of drug-likeness (QED) is 0.0655. The second-order valence-corrected chi connectivity index (χ2v) is 15.0. The average Bonchev–Trinajstić information content (AvgIpc) is 3.08. The molecule has 0 aliphatic heterocycles. The third-order valence-corrected chi connectivity index (χ3v) is 10.5. The Kier molecular flexibility index (Phi) is 33.1. The second-order valence-electron chi connectivity index (χ2n) is 15.0. The standard InChI is InChI=1S/C45H85N/c1-4-7-9-11-13-15-17-19-21-23-24-26-28-30-32-34-36-38-44-39-41-45(42-40-44)46(6-3)43-37-35-33-31-29-27-25-22-20-18-16-14-12-10-8-5-2/h39-42H,4-38,43H2,1-3H3. The molecule has 1 rings (SSSR count). The van der Waals surface area contributed by atoms with Crippen LogP contribution in [0.1, 0.15) is 238 Å². The molecule has 0 saturated heterocycles. The topological polar surface area (TPSA) is 3.24 Å². The van der Waals surface area contributed by atoms with Crippen LogP contribution in [0.5, 0.6) is 0 Å². The van der Waals surface area contributed by atoms with Crippen molar-refractivity contribution in [2.45, 2.75) is 239 Å². The maximum atomic E-state index is 2.59. The minimum Gasteiger partial charge on any atom is -0.372 e. The maximum Gasteiger partial charge on any atom is 0.0366 e. The van der Waals surface area contributed by atoms with Gasteiger partial charge < -0.3 is 4.90 Å². The molecule has 1 aromatic carbocycles. The molecular weight excluding hydrogens is 555 g/mol. The zero-order valence-electron chi connectivity index (χ0n) is 32.2. The number of anilines is 1. The molecule has 270 valence electrons. The van der Waals surface area contributed by atoms with Gasteiger partial charge in [0.15, 0.2) is 0 Å². The lowest BCUT2D eigenvalue weighted by Crippen LogP contribution is -2.23. The van der Waals surface area contributed by atoms with Gasteiger partial charge in [-0.25, -0.2) is 0 Å². The van der Waals surface area contributed by atoms with Gasteiger partial charge in [0.1, 0.15) is 0 Å². The van der Waals surface area contributed by atoms with E-state index in [2.05, 4.69) is 49.9 Å². The molecule has 1 nitrogen and oxygen atoms in total. The van der Waals surface area contributed by atoms with E-state index in [1.165, 1.54) is 236 Å². The van der Waals surface area contributed by atoms with Crippen LogP contribution in [0.3, 0.4) is 0 Å². The van der Waals surface area contributed by atoms with Crippen molar-refractivity contribution in [3.8, 4) is 0 Å². The lowest BCUT2D eigenvalue weighted by molar-refractivity contribution is 0.527. The molecule has 0 N–H and O–H groups in total. The van der Waals surface area contributed by atoms with E-state index in [0.29, 0.717) is 0 Å². The monoisotopic (exact) mass is 640 g/mol. The van der Waals surface area contributed by atoms with Gasteiger partial charge in [-0.15, -0.1) is 0 Å². The van der Waals surface area contributed by atoms with Crippen LogP contribution in [-0.4, -0.2) is 13.1 Å². The number of aryl methyl sites for hydroxylation is 1. The summed E-state index contributed by atoms with van der Waals surface area (Å²) in [5.74, 6) is 0. The Balaban J connectivity index is 1.91. The molecule has 1 aromatic rings. The smallest absolute Gasteiger partial charge is 0.0366 e. The first-order valence-electron chi connectivity index (χ1n) is 21.7. The molecule has 0 unspecified atom stereocenters. The highest BCUT2D eigenvalue weighted by molar-refractivity contribution is 5.47. The van der Waals surface area contributed by atoms with Gasteiger partial charge in [-0.1, -0.05) is 225 Å². The van der Waals surface area contributed by atoms with E-state index in [-0.39, 0.29) is 0 Å². The van der Waals surface area contributed by atoms with Crippen LogP contribution in [0.15, 0.2) is 24.3 Å². The van der Waals surface area contributed by atoms with Crippen molar-refractivity contribution in [3.63, 3.8) is 0 Å². The summed E-state index contributed by atoms with van der Waals surface area (Å²) < 4.78 is 0. The molecule has 0 atom stereocenters. The molecule has 0 fully saturated rings. The highest BCUT2D eigenvalue weighted by Gasteiger charge is 2.05. The minimum atomic E-state index is 1.12. The molecule has 46 heavy (non-hydrogen) atoms. The van der Waals surface area contributed by atoms with E-state index in [1.807, 2.05) is 0 Å². The molecule has 0 radical (unpaired) electrons. The zero-order valence-corrected chi connectivity index (χ0v) is 32.2. The summed E-state index contributed by atoms with van der Waals surface area (Å²) in [5.41, 5.74) is 2.96. The third-order valence-electron chi connectivity index (χ3n) is 10.5. The normalized spacial score (nSPS) is 11.5. The predicted molar refractivity (Wildman–Crippen MR) is 212 cm³/mol. The van der Waals surface area contributed by atoms with Crippen molar-refractivity contribution in [1.29, 1.82) is 0 Å². The fourth-order valence-electron chi connectivity index (χ4n) is 7.25. The first-order valence-corrected chi connectivity index (χ1v) is 21.7. The summed E-state index contributed by atoms with van der Waals surface area (Å²) in [6.45, 7) is 9.27. The van der Waals surface area contributed by atoms with Gasteiger partial charge in [-0.2, -0.15) is 0 Å². The summed E-state index contributed by atoms with van der Waals surface area (Å²) in [4.78, 5) is 2.59. The van der Waals surface area contributed by atoms with Crippen LogP contribution in [0.25, 0.3) is 0 Å². The summed E-state index contributed by atoms with van der Waals surface area (Å²) in [5, 5.41) is 0. The third kappa shape index (κ3) is 28.1. The second kappa shape index (κ2) is 35.3. The van der Waals surface area contributed by atoms with Gasteiger partial charge >= 0.3 is 0 Å². The van der Waals surface area contributed by atoms with E-state index < -0.39 is 0 Å². The largest absolute Gasteiger partial charge is 0.372 e. The van der Waals surface area contributed by atoms with Crippen molar-refractivity contribution in [3.05, 3.63) is 29.8 Å². The van der Waals surface area contributed by atoms with E-state index in [4.69, 9.17) is 0 Å². The summed E-state index contributed by atoms with van der Waals surface area (Å²) in [6.07, 6.45) is 48.9. The Labute approximate surface area is 291 Å². The minimum absolute atomic E-state index is 1.12. The zero-order chi connectivity index (χ0) is 33.0. The van der Waals surface area contributed by atoms with Crippen LogP contribution in [0.2, 0.25) is 0 Å². The molecule has 0 heterocycles. The van der Waals surface area contributed by atoms with Crippen LogP contribution < -0.4 is 4.90 Å². The van der Waals surface area contributed by atoms with Gasteiger partial charge in [0.2, 0.25) is 0 Å². The van der Waals surface area contributed by atoms with E-state index in [0.717, 1.165) is 6.54 Å². The molecule has 0 aliphatic carbocycles. The van der Waals surface area contributed by atoms with Gasteiger partial charge in [0, 0.05) is 18.8 Å². The Morgan fingerprint density at radius 3 is 0.913 bits per heavy atom. The molecular formula is C45H85N. The van der Waals surface area contributed by atoms with Crippen LogP contribution in [0, 0.1) is 0 Å². The van der Waals surface area contributed by atoms with Crippen molar-refractivity contribution < 1.29 is 0 Å². The molecule has 0 amide bonds. The van der Waals surface area contributed by atoms with Crippen LogP contribution >= 0.6 is 0 Å². The van der Waals surface area contributed by atoms with Gasteiger partial charge in [0.25, 0.3) is 0 Å². The first-order chi connectivity index (χ1) is 22.8. The molecule has 0 aliphatic rings. The van der Waals surface area contributed by atoms with Crippen molar-refractivity contribution in [1.82, 2.24) is 0 Å². The number of unbranched alkanes of at least 4 members (excludes halogenated alkanes) is 31. The molecule has 1 heteroatoms. The fourth-order valence-corrected chi connectivity index (χ4v) is 7.25. The van der Waals surface area contributed by atoms with Crippen LogP contribution in [0.4, 0.5) is 5.69 Å². The summed E-state index contributed by atoms with van der Waals surface area (Å²) in [7, 11) is 0. The molecule has 0 bridgehead atoms. The highest BCUT2D eigenvalue weighted by atomic mass is 15.1. The molecule has 0 saturated carbocycles. The Hall–Kier alpha value is -0.980. The van der Waals surface area contributed by atoms with Crippen molar-refractivity contribution >= 4 is 5.69 Å².